The summed E-state index contributed by atoms with van der Waals surface area (Å²) in [6, 6.07) is 9.87. The summed E-state index contributed by atoms with van der Waals surface area (Å²) in [4.78, 5) is 18.6. The zero-order valence-electron chi connectivity index (χ0n) is 18.3. The van der Waals surface area contributed by atoms with Crippen LogP contribution in [0.25, 0.3) is 0 Å². The molecule has 33 heavy (non-hydrogen) atoms. The summed E-state index contributed by atoms with van der Waals surface area (Å²) in [5.41, 5.74) is 4.91. The van der Waals surface area contributed by atoms with Crippen LogP contribution in [0.2, 0.25) is 0 Å². The van der Waals surface area contributed by atoms with Crippen molar-refractivity contribution in [2.75, 3.05) is 12.5 Å². The lowest BCUT2D eigenvalue weighted by molar-refractivity contribution is -0.385. The Morgan fingerprint density at radius 2 is 1.73 bits per heavy atom. The SMILES string of the molecule is COc1cc(/C=N\Nc2nc(C)cc(C)n2)ccc1OS(=O)(=O)c1ccc(C)c([N+](=O)[O-])c1. The van der Waals surface area contributed by atoms with Crippen molar-refractivity contribution in [3.63, 3.8) is 0 Å². The van der Waals surface area contributed by atoms with Crippen molar-refractivity contribution in [3.8, 4) is 11.5 Å². The highest BCUT2D eigenvalue weighted by molar-refractivity contribution is 7.87. The highest BCUT2D eigenvalue weighted by Gasteiger charge is 2.23. The lowest BCUT2D eigenvalue weighted by Crippen LogP contribution is -2.11. The number of benzene rings is 2. The van der Waals surface area contributed by atoms with Gasteiger partial charge in [-0.3, -0.25) is 10.1 Å². The average molecular weight is 471 g/mol. The molecule has 0 amide bonds. The molecule has 3 rings (SSSR count). The van der Waals surface area contributed by atoms with Gasteiger partial charge in [0.05, 0.1) is 18.2 Å². The van der Waals surface area contributed by atoms with Crippen LogP contribution in [0.15, 0.2) is 52.5 Å². The summed E-state index contributed by atoms with van der Waals surface area (Å²) < 4.78 is 35.8. The summed E-state index contributed by atoms with van der Waals surface area (Å²) in [6.07, 6.45) is 1.48. The van der Waals surface area contributed by atoms with Crippen molar-refractivity contribution in [2.24, 2.45) is 5.10 Å². The van der Waals surface area contributed by atoms with Gasteiger partial charge in [-0.15, -0.1) is 0 Å². The van der Waals surface area contributed by atoms with E-state index in [1.807, 2.05) is 19.9 Å². The van der Waals surface area contributed by atoms with E-state index in [-0.39, 0.29) is 22.1 Å². The molecule has 0 aliphatic carbocycles. The molecule has 2 aromatic carbocycles. The van der Waals surface area contributed by atoms with Crippen LogP contribution in [0.4, 0.5) is 11.6 Å². The summed E-state index contributed by atoms with van der Waals surface area (Å²) in [6.45, 7) is 5.20. The van der Waals surface area contributed by atoms with Gasteiger partial charge in [-0.05, 0) is 56.7 Å². The Balaban J connectivity index is 1.81. The van der Waals surface area contributed by atoms with Crippen LogP contribution in [0.5, 0.6) is 11.5 Å². The molecule has 0 aliphatic rings. The maximum absolute atomic E-state index is 12.7. The largest absolute Gasteiger partial charge is 0.493 e. The van der Waals surface area contributed by atoms with Gasteiger partial charge in [0.25, 0.3) is 5.69 Å². The number of nitrogens with zero attached hydrogens (tertiary/aromatic N) is 4. The van der Waals surface area contributed by atoms with Crippen molar-refractivity contribution >= 4 is 28.0 Å². The molecule has 0 atom stereocenters. The number of aryl methyl sites for hydroxylation is 3. The predicted octanol–water partition coefficient (Wildman–Crippen LogP) is 3.53. The van der Waals surface area contributed by atoms with Crippen LogP contribution in [0.1, 0.15) is 22.5 Å². The Morgan fingerprint density at radius 1 is 1.03 bits per heavy atom. The van der Waals surface area contributed by atoms with Crippen molar-refractivity contribution in [1.29, 1.82) is 0 Å². The van der Waals surface area contributed by atoms with E-state index in [0.717, 1.165) is 17.5 Å². The summed E-state index contributed by atoms with van der Waals surface area (Å²) in [7, 11) is -2.98. The number of nitro groups is 1. The Labute approximate surface area is 190 Å². The predicted molar refractivity (Wildman–Crippen MR) is 121 cm³/mol. The van der Waals surface area contributed by atoms with Crippen LogP contribution in [-0.4, -0.2) is 36.6 Å². The van der Waals surface area contributed by atoms with E-state index in [9.17, 15) is 18.5 Å². The molecule has 172 valence electrons. The molecule has 0 saturated carbocycles. The minimum absolute atomic E-state index is 0.0801. The topological polar surface area (TPSA) is 146 Å². The van der Waals surface area contributed by atoms with Gasteiger partial charge in [0, 0.05) is 23.0 Å². The van der Waals surface area contributed by atoms with E-state index in [0.29, 0.717) is 17.1 Å². The van der Waals surface area contributed by atoms with Gasteiger partial charge in [0.1, 0.15) is 4.90 Å². The zero-order valence-corrected chi connectivity index (χ0v) is 19.1. The van der Waals surface area contributed by atoms with Crippen LogP contribution in [-0.2, 0) is 10.1 Å². The molecule has 0 aliphatic heterocycles. The number of nitrogens with one attached hydrogen (secondary N) is 1. The molecular weight excluding hydrogens is 450 g/mol. The molecule has 3 aromatic rings. The standard InChI is InChI=1S/C21H21N5O6S/c1-13-5-7-17(11-18(13)26(27)28)33(29,30)32-19-8-6-16(10-20(19)31-4)12-22-25-21-23-14(2)9-15(3)24-21/h5-12H,1-4H3,(H,23,24,25)/b22-12-. The van der Waals surface area contributed by atoms with E-state index in [1.54, 1.807) is 6.07 Å². The maximum Gasteiger partial charge on any atom is 0.339 e. The monoisotopic (exact) mass is 471 g/mol. The molecule has 1 aromatic heterocycles. The normalized spacial score (nSPS) is 11.4. The lowest BCUT2D eigenvalue weighted by atomic mass is 10.2. The Bertz CT molecular complexity index is 1320. The Morgan fingerprint density at radius 3 is 2.36 bits per heavy atom. The van der Waals surface area contributed by atoms with Gasteiger partial charge >= 0.3 is 10.1 Å². The summed E-state index contributed by atoms with van der Waals surface area (Å²) in [5.74, 6) is 0.393. The first kappa shape index (κ1) is 23.6. The fourth-order valence-corrected chi connectivity index (χ4v) is 3.84. The second kappa shape index (κ2) is 9.61. The third-order valence-electron chi connectivity index (χ3n) is 4.41. The second-order valence-corrected chi connectivity index (χ2v) is 8.54. The van der Waals surface area contributed by atoms with Crippen LogP contribution < -0.4 is 14.3 Å². The first-order valence-corrected chi connectivity index (χ1v) is 11.0. The summed E-state index contributed by atoms with van der Waals surface area (Å²) >= 11 is 0. The first-order valence-electron chi connectivity index (χ1n) is 9.58. The third kappa shape index (κ3) is 5.80. The molecule has 0 unspecified atom stereocenters. The fourth-order valence-electron chi connectivity index (χ4n) is 2.88. The van der Waals surface area contributed by atoms with E-state index < -0.39 is 15.0 Å². The number of rotatable bonds is 8. The maximum atomic E-state index is 12.7. The van der Waals surface area contributed by atoms with Crippen molar-refractivity contribution < 1.29 is 22.3 Å². The van der Waals surface area contributed by atoms with Gasteiger partial charge in [-0.2, -0.15) is 13.5 Å². The molecule has 12 heteroatoms. The Kier molecular flexibility index (Phi) is 6.87. The van der Waals surface area contributed by atoms with Crippen LogP contribution >= 0.6 is 0 Å². The van der Waals surface area contributed by atoms with Gasteiger partial charge in [0.15, 0.2) is 11.5 Å². The van der Waals surface area contributed by atoms with Gasteiger partial charge in [-0.1, -0.05) is 6.07 Å². The number of hydrogen-bond acceptors (Lipinski definition) is 10. The molecule has 0 fully saturated rings. The first-order chi connectivity index (χ1) is 15.6. The Hall–Kier alpha value is -4.06. The third-order valence-corrected chi connectivity index (χ3v) is 5.64. The highest BCUT2D eigenvalue weighted by atomic mass is 32.2. The number of hydrogen-bond donors (Lipinski definition) is 1. The lowest BCUT2D eigenvalue weighted by Gasteiger charge is -2.11. The summed E-state index contributed by atoms with van der Waals surface area (Å²) in [5, 5.41) is 15.2. The molecule has 0 spiro atoms. The van der Waals surface area contributed by atoms with Crippen LogP contribution in [0.3, 0.4) is 0 Å². The van der Waals surface area contributed by atoms with Gasteiger partial charge in [-0.25, -0.2) is 15.4 Å². The molecular formula is C21H21N5O6S. The molecule has 0 saturated heterocycles. The van der Waals surface area contributed by atoms with E-state index in [4.69, 9.17) is 8.92 Å². The molecule has 11 nitrogen and oxygen atoms in total. The van der Waals surface area contributed by atoms with Gasteiger partial charge in [0.2, 0.25) is 5.95 Å². The quantitative estimate of drug-likeness (QED) is 0.225. The average Bonchev–Trinajstić information content (AvgIpc) is 2.73. The molecule has 1 N–H and O–H groups in total. The number of aromatic nitrogens is 2. The number of anilines is 1. The fraction of sp³-hybridized carbons (Fsp3) is 0.190. The smallest absolute Gasteiger partial charge is 0.339 e. The van der Waals surface area contributed by atoms with E-state index >= 15 is 0 Å². The van der Waals surface area contributed by atoms with E-state index in [2.05, 4.69) is 20.5 Å². The number of ether oxygens (including phenoxy) is 1. The minimum Gasteiger partial charge on any atom is -0.493 e. The second-order valence-electron chi connectivity index (χ2n) is 7.00. The molecule has 1 heterocycles. The molecule has 0 bridgehead atoms. The van der Waals surface area contributed by atoms with E-state index in [1.165, 1.54) is 44.5 Å². The number of nitro benzene ring substituents is 1. The van der Waals surface area contributed by atoms with Crippen molar-refractivity contribution in [3.05, 3.63) is 75.1 Å². The number of hydrazone groups is 1. The minimum atomic E-state index is -4.34. The van der Waals surface area contributed by atoms with Crippen molar-refractivity contribution in [1.82, 2.24) is 9.97 Å². The number of methoxy groups -OCH3 is 1. The molecule has 0 radical (unpaired) electrons. The van der Waals surface area contributed by atoms with Crippen LogP contribution in [0, 0.1) is 30.9 Å². The van der Waals surface area contributed by atoms with Crippen molar-refractivity contribution in [2.45, 2.75) is 25.7 Å². The highest BCUT2D eigenvalue weighted by Crippen LogP contribution is 2.31. The van der Waals surface area contributed by atoms with Gasteiger partial charge < -0.3 is 8.92 Å². The zero-order chi connectivity index (χ0) is 24.2.